The average molecular weight is 339 g/mol. The first kappa shape index (κ1) is 15.0. The van der Waals surface area contributed by atoms with E-state index in [-0.39, 0.29) is 18.2 Å². The molecule has 0 unspecified atom stereocenters. The largest absolute Gasteiger partial charge is 0.338 e. The number of para-hydroxylation sites is 1. The molecule has 0 saturated carbocycles. The molecule has 1 aromatic heterocycles. The fourth-order valence-corrected chi connectivity index (χ4v) is 3.62. The summed E-state index contributed by atoms with van der Waals surface area (Å²) >= 11 is 6.22. The van der Waals surface area contributed by atoms with Gasteiger partial charge in [-0.25, -0.2) is 0 Å². The molecule has 0 aliphatic carbocycles. The monoisotopic (exact) mass is 338 g/mol. The van der Waals surface area contributed by atoms with Gasteiger partial charge in [-0.15, -0.1) is 0 Å². The Balaban J connectivity index is 1.86. The van der Waals surface area contributed by atoms with Gasteiger partial charge in [0.05, 0.1) is 34.9 Å². The summed E-state index contributed by atoms with van der Waals surface area (Å²) in [7, 11) is 0. The number of hydrogen-bond donors (Lipinski definition) is 0. The SMILES string of the molecule is CC(=O)Cn1ccc2cccc(N3Cc4cccc(Cl)c4C3=O)c21. The minimum atomic E-state index is -0.0984. The van der Waals surface area contributed by atoms with Crippen LogP contribution in [0.4, 0.5) is 5.69 Å². The lowest BCUT2D eigenvalue weighted by Gasteiger charge is -2.18. The predicted octanol–water partition coefficient (Wildman–Crippen LogP) is 4.04. The van der Waals surface area contributed by atoms with Crippen LogP contribution in [-0.4, -0.2) is 16.3 Å². The molecule has 0 atom stereocenters. The van der Waals surface area contributed by atoms with Gasteiger partial charge in [0.25, 0.3) is 5.91 Å². The third-order valence-electron chi connectivity index (χ3n) is 4.34. The zero-order valence-corrected chi connectivity index (χ0v) is 13.9. The van der Waals surface area contributed by atoms with Gasteiger partial charge >= 0.3 is 0 Å². The average Bonchev–Trinajstić information content (AvgIpc) is 3.09. The number of aromatic nitrogens is 1. The summed E-state index contributed by atoms with van der Waals surface area (Å²) in [5.41, 5.74) is 3.19. The molecule has 2 heterocycles. The zero-order valence-electron chi connectivity index (χ0n) is 13.1. The van der Waals surface area contributed by atoms with Crippen LogP contribution in [0.3, 0.4) is 0 Å². The Hall–Kier alpha value is -2.59. The molecule has 5 heteroatoms. The summed E-state index contributed by atoms with van der Waals surface area (Å²) in [4.78, 5) is 26.2. The van der Waals surface area contributed by atoms with E-state index in [1.54, 1.807) is 17.9 Å². The van der Waals surface area contributed by atoms with Gasteiger partial charge in [-0.3, -0.25) is 9.59 Å². The van der Waals surface area contributed by atoms with E-state index < -0.39 is 0 Å². The number of hydrogen-bond acceptors (Lipinski definition) is 2. The van der Waals surface area contributed by atoms with Crippen molar-refractivity contribution in [2.24, 2.45) is 0 Å². The second kappa shape index (κ2) is 5.49. The molecule has 1 aliphatic heterocycles. The number of Topliss-reactive ketones (excluding diaryl/α,β-unsaturated/α-hetero) is 1. The van der Waals surface area contributed by atoms with Crippen molar-refractivity contribution in [3.8, 4) is 0 Å². The molecule has 1 aliphatic rings. The van der Waals surface area contributed by atoms with Crippen LogP contribution in [0, 0.1) is 0 Å². The first-order chi connectivity index (χ1) is 11.6. The fourth-order valence-electron chi connectivity index (χ4n) is 3.34. The first-order valence-corrected chi connectivity index (χ1v) is 8.10. The number of carbonyl (C=O) groups is 2. The molecule has 0 spiro atoms. The normalized spacial score (nSPS) is 13.6. The Morgan fingerprint density at radius 2 is 1.96 bits per heavy atom. The minimum absolute atomic E-state index is 0.0707. The molecular weight excluding hydrogens is 324 g/mol. The third-order valence-corrected chi connectivity index (χ3v) is 4.65. The maximum atomic E-state index is 12.9. The molecule has 24 heavy (non-hydrogen) atoms. The van der Waals surface area contributed by atoms with E-state index >= 15 is 0 Å². The van der Waals surface area contributed by atoms with Crippen molar-refractivity contribution in [1.82, 2.24) is 4.57 Å². The van der Waals surface area contributed by atoms with Crippen LogP contribution < -0.4 is 4.90 Å². The van der Waals surface area contributed by atoms with Crippen molar-refractivity contribution in [1.29, 1.82) is 0 Å². The molecule has 0 N–H and O–H groups in total. The number of halogens is 1. The molecule has 3 aromatic rings. The molecule has 0 bridgehead atoms. The fraction of sp³-hybridized carbons (Fsp3) is 0.158. The van der Waals surface area contributed by atoms with Crippen molar-refractivity contribution >= 4 is 39.9 Å². The number of benzene rings is 2. The van der Waals surface area contributed by atoms with E-state index in [9.17, 15) is 9.59 Å². The third kappa shape index (κ3) is 2.22. The second-order valence-electron chi connectivity index (χ2n) is 6.03. The molecule has 1 amide bonds. The van der Waals surface area contributed by atoms with E-state index in [1.807, 2.05) is 47.2 Å². The number of rotatable bonds is 3. The van der Waals surface area contributed by atoms with Crippen molar-refractivity contribution in [2.75, 3.05) is 4.90 Å². The Labute approximate surface area is 144 Å². The molecule has 2 aromatic carbocycles. The van der Waals surface area contributed by atoms with Gasteiger partial charge in [0.15, 0.2) is 0 Å². The number of nitrogens with zero attached hydrogens (tertiary/aromatic N) is 2. The summed E-state index contributed by atoms with van der Waals surface area (Å²) in [5.74, 6) is -0.0277. The highest BCUT2D eigenvalue weighted by molar-refractivity contribution is 6.35. The predicted molar refractivity (Wildman–Crippen MR) is 94.6 cm³/mol. The van der Waals surface area contributed by atoms with Crippen LogP contribution in [-0.2, 0) is 17.9 Å². The van der Waals surface area contributed by atoms with Crippen LogP contribution in [0.5, 0.6) is 0 Å². The maximum Gasteiger partial charge on any atom is 0.260 e. The number of carbonyl (C=O) groups excluding carboxylic acids is 2. The van der Waals surface area contributed by atoms with Crippen molar-refractivity contribution in [3.05, 3.63) is 64.8 Å². The summed E-state index contributed by atoms with van der Waals surface area (Å²) in [6.45, 7) is 2.33. The van der Waals surface area contributed by atoms with Crippen LogP contribution in [0.2, 0.25) is 5.02 Å². The Morgan fingerprint density at radius 1 is 1.17 bits per heavy atom. The van der Waals surface area contributed by atoms with Gasteiger partial charge in [0.2, 0.25) is 0 Å². The van der Waals surface area contributed by atoms with Gasteiger partial charge in [-0.2, -0.15) is 0 Å². The number of ketones is 1. The summed E-state index contributed by atoms with van der Waals surface area (Å²) < 4.78 is 1.89. The Morgan fingerprint density at radius 3 is 2.71 bits per heavy atom. The summed E-state index contributed by atoms with van der Waals surface area (Å²) in [6.07, 6.45) is 1.89. The smallest absolute Gasteiger partial charge is 0.260 e. The lowest BCUT2D eigenvalue weighted by atomic mass is 10.1. The molecule has 4 nitrogen and oxygen atoms in total. The lowest BCUT2D eigenvalue weighted by molar-refractivity contribution is -0.117. The summed E-state index contributed by atoms with van der Waals surface area (Å²) in [5, 5.41) is 1.48. The van der Waals surface area contributed by atoms with Gasteiger partial charge in [0, 0.05) is 11.6 Å². The van der Waals surface area contributed by atoms with Crippen LogP contribution in [0.15, 0.2) is 48.7 Å². The summed E-state index contributed by atoms with van der Waals surface area (Å²) in [6, 6.07) is 13.3. The van der Waals surface area contributed by atoms with E-state index in [0.29, 0.717) is 17.1 Å². The van der Waals surface area contributed by atoms with E-state index in [0.717, 1.165) is 22.2 Å². The molecule has 0 radical (unpaired) electrons. The number of fused-ring (bicyclic) bond motifs is 2. The maximum absolute atomic E-state index is 12.9. The van der Waals surface area contributed by atoms with E-state index in [2.05, 4.69) is 0 Å². The standard InChI is InChI=1S/C19H15ClN2O2/c1-12(23)10-21-9-8-13-4-3-7-16(18(13)21)22-11-14-5-2-6-15(20)17(14)19(22)24/h2-9H,10-11H2,1H3. The Bertz CT molecular complexity index is 990. The Kier molecular flexibility index (Phi) is 3.43. The molecular formula is C19H15ClN2O2. The highest BCUT2D eigenvalue weighted by Crippen LogP contribution is 2.36. The van der Waals surface area contributed by atoms with Crippen LogP contribution in [0.1, 0.15) is 22.8 Å². The quantitative estimate of drug-likeness (QED) is 0.723. The van der Waals surface area contributed by atoms with Gasteiger partial charge in [-0.05, 0) is 30.7 Å². The molecule has 0 saturated heterocycles. The second-order valence-corrected chi connectivity index (χ2v) is 6.43. The highest BCUT2D eigenvalue weighted by Gasteiger charge is 2.31. The van der Waals surface area contributed by atoms with Crippen LogP contribution in [0.25, 0.3) is 10.9 Å². The highest BCUT2D eigenvalue weighted by atomic mass is 35.5. The molecule has 4 rings (SSSR count). The van der Waals surface area contributed by atoms with Gasteiger partial charge in [0.1, 0.15) is 5.78 Å². The topological polar surface area (TPSA) is 42.3 Å². The van der Waals surface area contributed by atoms with Crippen molar-refractivity contribution < 1.29 is 9.59 Å². The lowest BCUT2D eigenvalue weighted by Crippen LogP contribution is -2.24. The molecule has 120 valence electrons. The minimum Gasteiger partial charge on any atom is -0.338 e. The first-order valence-electron chi connectivity index (χ1n) is 7.73. The van der Waals surface area contributed by atoms with E-state index in [1.165, 1.54) is 0 Å². The van der Waals surface area contributed by atoms with E-state index in [4.69, 9.17) is 11.6 Å². The van der Waals surface area contributed by atoms with Crippen LogP contribution >= 0.6 is 11.6 Å². The van der Waals surface area contributed by atoms with Gasteiger partial charge in [-0.1, -0.05) is 35.9 Å². The van der Waals surface area contributed by atoms with Gasteiger partial charge < -0.3 is 9.47 Å². The van der Waals surface area contributed by atoms with Crippen molar-refractivity contribution in [2.45, 2.75) is 20.0 Å². The van der Waals surface area contributed by atoms with Crippen molar-refractivity contribution in [3.63, 3.8) is 0 Å². The number of amides is 1. The number of anilines is 1. The zero-order chi connectivity index (χ0) is 16.8. The molecule has 0 fully saturated rings.